The molecular formula is C14H20Br2N2O. The van der Waals surface area contributed by atoms with Gasteiger partial charge in [-0.3, -0.25) is 4.79 Å². The topological polar surface area (TPSA) is 32.3 Å². The Balaban J connectivity index is 2.63. The number of rotatable bonds is 6. The first-order chi connectivity index (χ1) is 8.97. The number of carbonyl (C=O) groups excluding carboxylic acids is 1. The Morgan fingerprint density at radius 2 is 1.95 bits per heavy atom. The molecule has 19 heavy (non-hydrogen) atoms. The van der Waals surface area contributed by atoms with Gasteiger partial charge in [-0.1, -0.05) is 29.8 Å². The maximum Gasteiger partial charge on any atom is 0.252 e. The van der Waals surface area contributed by atoms with E-state index in [1.54, 1.807) is 0 Å². The molecule has 1 aromatic carbocycles. The fourth-order valence-corrected chi connectivity index (χ4v) is 3.12. The van der Waals surface area contributed by atoms with E-state index in [-0.39, 0.29) is 11.9 Å². The fourth-order valence-electron chi connectivity index (χ4n) is 1.89. The van der Waals surface area contributed by atoms with Crippen molar-refractivity contribution in [1.82, 2.24) is 10.2 Å². The summed E-state index contributed by atoms with van der Waals surface area (Å²) in [7, 11) is 0. The molecule has 0 aliphatic carbocycles. The monoisotopic (exact) mass is 390 g/mol. The summed E-state index contributed by atoms with van der Waals surface area (Å²) in [6.07, 6.45) is 0. The zero-order valence-electron chi connectivity index (χ0n) is 11.5. The van der Waals surface area contributed by atoms with Crippen LogP contribution in [-0.4, -0.2) is 36.5 Å². The fraction of sp³-hybridized carbons (Fsp3) is 0.500. The first kappa shape index (κ1) is 16.7. The molecule has 0 spiro atoms. The second kappa shape index (κ2) is 8.02. The third-order valence-electron chi connectivity index (χ3n) is 2.98. The Morgan fingerprint density at radius 1 is 1.32 bits per heavy atom. The number of likely N-dealkylation sites (N-methyl/N-ethyl adjacent to an activating group) is 1. The van der Waals surface area contributed by atoms with Crippen LogP contribution < -0.4 is 5.32 Å². The van der Waals surface area contributed by atoms with Crippen LogP contribution in [0.4, 0.5) is 0 Å². The van der Waals surface area contributed by atoms with Gasteiger partial charge in [-0.2, -0.15) is 0 Å². The molecule has 0 saturated carbocycles. The van der Waals surface area contributed by atoms with E-state index in [1.165, 1.54) is 0 Å². The first-order valence-corrected chi connectivity index (χ1v) is 8.04. The minimum atomic E-state index is -0.0426. The largest absolute Gasteiger partial charge is 0.348 e. The van der Waals surface area contributed by atoms with Crippen LogP contribution in [0, 0.1) is 0 Å². The van der Waals surface area contributed by atoms with E-state index in [4.69, 9.17) is 0 Å². The van der Waals surface area contributed by atoms with Crippen molar-refractivity contribution in [2.24, 2.45) is 0 Å². The summed E-state index contributed by atoms with van der Waals surface area (Å²) in [5.41, 5.74) is 0.662. The summed E-state index contributed by atoms with van der Waals surface area (Å²) in [6.45, 7) is 9.15. The average Bonchev–Trinajstić information content (AvgIpc) is 2.35. The second-order valence-corrected chi connectivity index (χ2v) is 6.25. The van der Waals surface area contributed by atoms with E-state index in [0.29, 0.717) is 5.56 Å². The van der Waals surface area contributed by atoms with E-state index in [9.17, 15) is 4.79 Å². The van der Waals surface area contributed by atoms with Crippen molar-refractivity contribution >= 4 is 37.8 Å². The molecule has 1 amide bonds. The molecule has 1 rings (SSSR count). The lowest BCUT2D eigenvalue weighted by Gasteiger charge is -2.23. The number of hydrogen-bond donors (Lipinski definition) is 1. The predicted octanol–water partition coefficient (Wildman–Crippen LogP) is 3.67. The molecule has 0 fully saturated rings. The van der Waals surface area contributed by atoms with Crippen LogP contribution in [0.25, 0.3) is 0 Å². The van der Waals surface area contributed by atoms with Gasteiger partial charge in [-0.05, 0) is 54.1 Å². The number of nitrogens with zero attached hydrogens (tertiary/aromatic N) is 1. The van der Waals surface area contributed by atoms with Gasteiger partial charge < -0.3 is 10.2 Å². The van der Waals surface area contributed by atoms with Gasteiger partial charge in [0.05, 0.1) is 5.56 Å². The van der Waals surface area contributed by atoms with Crippen molar-refractivity contribution in [3.63, 3.8) is 0 Å². The number of halogens is 2. The molecule has 106 valence electrons. The molecule has 0 radical (unpaired) electrons. The van der Waals surface area contributed by atoms with Crippen LogP contribution in [0.5, 0.6) is 0 Å². The van der Waals surface area contributed by atoms with Gasteiger partial charge in [0.1, 0.15) is 0 Å². The van der Waals surface area contributed by atoms with E-state index in [2.05, 4.69) is 55.9 Å². The highest BCUT2D eigenvalue weighted by molar-refractivity contribution is 9.11. The highest BCUT2D eigenvalue weighted by atomic mass is 79.9. The lowest BCUT2D eigenvalue weighted by Crippen LogP contribution is -2.42. The van der Waals surface area contributed by atoms with E-state index < -0.39 is 0 Å². The lowest BCUT2D eigenvalue weighted by molar-refractivity contribution is 0.0929. The molecule has 0 heterocycles. The number of hydrogen-bond acceptors (Lipinski definition) is 2. The van der Waals surface area contributed by atoms with Crippen LogP contribution in [0.1, 0.15) is 31.1 Å². The van der Waals surface area contributed by atoms with Gasteiger partial charge in [-0.25, -0.2) is 0 Å². The van der Waals surface area contributed by atoms with E-state index >= 15 is 0 Å². The van der Waals surface area contributed by atoms with Crippen LogP contribution in [-0.2, 0) is 0 Å². The zero-order valence-corrected chi connectivity index (χ0v) is 14.7. The van der Waals surface area contributed by atoms with Crippen LogP contribution >= 0.6 is 31.9 Å². The molecule has 1 unspecified atom stereocenters. The number of carbonyl (C=O) groups is 1. The molecule has 0 bridgehead atoms. The highest BCUT2D eigenvalue weighted by Crippen LogP contribution is 2.21. The maximum absolute atomic E-state index is 12.2. The molecule has 1 aromatic rings. The normalized spacial score (nSPS) is 12.5. The predicted molar refractivity (Wildman–Crippen MR) is 86.6 cm³/mol. The Morgan fingerprint density at radius 3 is 2.47 bits per heavy atom. The van der Waals surface area contributed by atoms with E-state index in [1.807, 2.05) is 25.1 Å². The van der Waals surface area contributed by atoms with Crippen LogP contribution in [0.3, 0.4) is 0 Å². The SMILES string of the molecule is CCN(CC)CC(C)NC(=O)c1ccc(Br)cc1Br. The second-order valence-electron chi connectivity index (χ2n) is 4.48. The van der Waals surface area contributed by atoms with Gasteiger partial charge in [0, 0.05) is 21.5 Å². The summed E-state index contributed by atoms with van der Waals surface area (Å²) in [4.78, 5) is 14.5. The Labute approximate surface area is 132 Å². The van der Waals surface area contributed by atoms with Gasteiger partial charge in [-0.15, -0.1) is 0 Å². The van der Waals surface area contributed by atoms with Crippen molar-refractivity contribution in [3.8, 4) is 0 Å². The van der Waals surface area contributed by atoms with Gasteiger partial charge in [0.25, 0.3) is 5.91 Å². The summed E-state index contributed by atoms with van der Waals surface area (Å²) >= 11 is 6.79. The smallest absolute Gasteiger partial charge is 0.252 e. The summed E-state index contributed by atoms with van der Waals surface area (Å²) in [6, 6.07) is 5.69. The van der Waals surface area contributed by atoms with Crippen LogP contribution in [0.15, 0.2) is 27.1 Å². The van der Waals surface area contributed by atoms with Crippen molar-refractivity contribution in [2.75, 3.05) is 19.6 Å². The third-order valence-corrected chi connectivity index (χ3v) is 4.13. The first-order valence-electron chi connectivity index (χ1n) is 6.46. The van der Waals surface area contributed by atoms with Crippen molar-refractivity contribution in [3.05, 3.63) is 32.7 Å². The zero-order chi connectivity index (χ0) is 14.4. The maximum atomic E-state index is 12.2. The van der Waals surface area contributed by atoms with Crippen molar-refractivity contribution in [2.45, 2.75) is 26.8 Å². The highest BCUT2D eigenvalue weighted by Gasteiger charge is 2.14. The summed E-state index contributed by atoms with van der Waals surface area (Å²) < 4.78 is 1.75. The molecule has 0 saturated heterocycles. The number of benzene rings is 1. The molecule has 0 aromatic heterocycles. The molecular weight excluding hydrogens is 372 g/mol. The quantitative estimate of drug-likeness (QED) is 0.802. The molecule has 0 aliphatic heterocycles. The Bertz CT molecular complexity index is 433. The molecule has 5 heteroatoms. The molecule has 0 aliphatic rings. The van der Waals surface area contributed by atoms with Crippen LogP contribution in [0.2, 0.25) is 0 Å². The van der Waals surface area contributed by atoms with Crippen molar-refractivity contribution < 1.29 is 4.79 Å². The van der Waals surface area contributed by atoms with Gasteiger partial charge in [0.15, 0.2) is 0 Å². The lowest BCUT2D eigenvalue weighted by atomic mass is 10.2. The molecule has 3 nitrogen and oxygen atoms in total. The van der Waals surface area contributed by atoms with Crippen molar-refractivity contribution in [1.29, 1.82) is 0 Å². The Hall–Kier alpha value is -0.390. The standard InChI is InChI=1S/C14H20Br2N2O/c1-4-18(5-2)9-10(3)17-14(19)12-7-6-11(15)8-13(12)16/h6-8,10H,4-5,9H2,1-3H3,(H,17,19). The summed E-state index contributed by atoms with van der Waals surface area (Å²) in [5.74, 6) is -0.0426. The van der Waals surface area contributed by atoms with Gasteiger partial charge in [0.2, 0.25) is 0 Å². The molecule has 1 atom stereocenters. The van der Waals surface area contributed by atoms with Gasteiger partial charge >= 0.3 is 0 Å². The molecule has 1 N–H and O–H groups in total. The minimum Gasteiger partial charge on any atom is -0.348 e. The average molecular weight is 392 g/mol. The summed E-state index contributed by atoms with van der Waals surface area (Å²) in [5, 5.41) is 3.03. The number of amides is 1. The minimum absolute atomic E-state index is 0.0426. The Kier molecular flexibility index (Phi) is 7.04. The third kappa shape index (κ3) is 5.24. The number of nitrogens with one attached hydrogen (secondary N) is 1. The van der Waals surface area contributed by atoms with E-state index in [0.717, 1.165) is 28.6 Å².